The van der Waals surface area contributed by atoms with Crippen LogP contribution in [-0.2, 0) is 9.53 Å². The van der Waals surface area contributed by atoms with E-state index in [9.17, 15) is 9.59 Å². The molecule has 132 valence electrons. The number of anilines is 1. The Morgan fingerprint density at radius 1 is 1.24 bits per heavy atom. The van der Waals surface area contributed by atoms with Crippen molar-refractivity contribution in [2.45, 2.75) is 39.7 Å². The number of hydrogen-bond acceptors (Lipinski definition) is 3. The standard InChI is InChI=1S/C19H21ClN2O3/c1-11-4-5-14(20)9-17(11)21-18(23)10-25-19(24)16-8-12(2)22(13(16)3)15-6-7-15/h4-5,8-9,15H,6-7,10H2,1-3H3,(H,21,23). The minimum atomic E-state index is -0.474. The molecule has 1 saturated carbocycles. The third-order valence-electron chi connectivity index (χ3n) is 4.42. The van der Waals surface area contributed by atoms with Gasteiger partial charge in [-0.15, -0.1) is 0 Å². The molecule has 1 N–H and O–H groups in total. The van der Waals surface area contributed by atoms with Crippen LogP contribution >= 0.6 is 11.6 Å². The monoisotopic (exact) mass is 360 g/mol. The van der Waals surface area contributed by atoms with Crippen LogP contribution in [0.5, 0.6) is 0 Å². The van der Waals surface area contributed by atoms with Crippen LogP contribution in [0.3, 0.4) is 0 Å². The molecular formula is C19H21ClN2O3. The maximum Gasteiger partial charge on any atom is 0.340 e. The summed E-state index contributed by atoms with van der Waals surface area (Å²) in [6.45, 7) is 5.43. The number of nitrogens with zero attached hydrogens (tertiary/aromatic N) is 1. The van der Waals surface area contributed by atoms with Crippen molar-refractivity contribution in [1.82, 2.24) is 4.57 Å². The van der Waals surface area contributed by atoms with Gasteiger partial charge in [0, 0.05) is 28.1 Å². The van der Waals surface area contributed by atoms with E-state index >= 15 is 0 Å². The predicted molar refractivity (Wildman–Crippen MR) is 97.3 cm³/mol. The Morgan fingerprint density at radius 2 is 1.96 bits per heavy atom. The quantitative estimate of drug-likeness (QED) is 0.813. The Hall–Kier alpha value is -2.27. The zero-order chi connectivity index (χ0) is 18.1. The lowest BCUT2D eigenvalue weighted by Crippen LogP contribution is -2.21. The first-order valence-corrected chi connectivity index (χ1v) is 8.66. The molecule has 0 unspecified atom stereocenters. The van der Waals surface area contributed by atoms with E-state index in [4.69, 9.17) is 16.3 Å². The second kappa shape index (κ2) is 6.92. The number of amides is 1. The number of ether oxygens (including phenoxy) is 1. The zero-order valence-electron chi connectivity index (χ0n) is 14.6. The van der Waals surface area contributed by atoms with Gasteiger partial charge >= 0.3 is 5.97 Å². The van der Waals surface area contributed by atoms with Crippen molar-refractivity contribution < 1.29 is 14.3 Å². The van der Waals surface area contributed by atoms with Crippen molar-refractivity contribution in [1.29, 1.82) is 0 Å². The van der Waals surface area contributed by atoms with Gasteiger partial charge in [-0.3, -0.25) is 4.79 Å². The Morgan fingerprint density at radius 3 is 2.64 bits per heavy atom. The van der Waals surface area contributed by atoms with Gasteiger partial charge in [-0.05, 0) is 57.4 Å². The summed E-state index contributed by atoms with van der Waals surface area (Å²) >= 11 is 5.93. The SMILES string of the molecule is Cc1ccc(Cl)cc1NC(=O)COC(=O)c1cc(C)n(C2CC2)c1C. The highest BCUT2D eigenvalue weighted by atomic mass is 35.5. The third kappa shape index (κ3) is 3.87. The molecule has 0 saturated heterocycles. The third-order valence-corrected chi connectivity index (χ3v) is 4.66. The molecule has 0 aliphatic heterocycles. The predicted octanol–water partition coefficient (Wildman–Crippen LogP) is 4.20. The second-order valence-electron chi connectivity index (χ2n) is 6.47. The molecule has 1 aromatic carbocycles. The van der Waals surface area contributed by atoms with Crippen LogP contribution in [-0.4, -0.2) is 23.1 Å². The molecule has 1 amide bonds. The van der Waals surface area contributed by atoms with Crippen LogP contribution in [0.1, 0.15) is 46.2 Å². The fourth-order valence-electron chi connectivity index (χ4n) is 3.00. The van der Waals surface area contributed by atoms with Gasteiger partial charge in [0.1, 0.15) is 0 Å². The van der Waals surface area contributed by atoms with Gasteiger partial charge in [0.05, 0.1) is 5.56 Å². The highest BCUT2D eigenvalue weighted by Gasteiger charge is 2.28. The molecule has 25 heavy (non-hydrogen) atoms. The van der Waals surface area contributed by atoms with Gasteiger partial charge in [0.25, 0.3) is 5.91 Å². The topological polar surface area (TPSA) is 60.3 Å². The van der Waals surface area contributed by atoms with Gasteiger partial charge in [0.15, 0.2) is 6.61 Å². The molecule has 1 fully saturated rings. The first-order valence-electron chi connectivity index (χ1n) is 8.28. The minimum absolute atomic E-state index is 0.335. The number of nitrogens with one attached hydrogen (secondary N) is 1. The molecule has 1 aliphatic rings. The van der Waals surface area contributed by atoms with Crippen molar-refractivity contribution in [3.63, 3.8) is 0 Å². The molecule has 1 heterocycles. The number of hydrogen-bond donors (Lipinski definition) is 1. The molecule has 0 radical (unpaired) electrons. The van der Waals surface area contributed by atoms with E-state index in [2.05, 4.69) is 9.88 Å². The molecule has 0 atom stereocenters. The first kappa shape index (κ1) is 17.5. The van der Waals surface area contributed by atoms with Crippen molar-refractivity contribution in [2.24, 2.45) is 0 Å². The molecule has 6 heteroatoms. The van der Waals surface area contributed by atoms with E-state index in [1.54, 1.807) is 12.1 Å². The van der Waals surface area contributed by atoms with E-state index in [-0.39, 0.29) is 6.61 Å². The smallest absolute Gasteiger partial charge is 0.340 e. The number of benzene rings is 1. The Labute approximate surface area is 151 Å². The molecule has 1 aromatic heterocycles. The van der Waals surface area contributed by atoms with Crippen LogP contribution in [0.25, 0.3) is 0 Å². The fraction of sp³-hybridized carbons (Fsp3) is 0.368. The van der Waals surface area contributed by atoms with Gasteiger partial charge in [-0.25, -0.2) is 4.79 Å². The number of halogens is 1. The van der Waals surface area contributed by atoms with Crippen molar-refractivity contribution in [2.75, 3.05) is 11.9 Å². The number of aryl methyl sites for hydroxylation is 2. The largest absolute Gasteiger partial charge is 0.452 e. The number of esters is 1. The molecule has 0 spiro atoms. The highest BCUT2D eigenvalue weighted by molar-refractivity contribution is 6.31. The first-order chi connectivity index (χ1) is 11.9. The molecule has 3 rings (SSSR count). The van der Waals surface area contributed by atoms with Gasteiger partial charge in [-0.1, -0.05) is 17.7 Å². The van der Waals surface area contributed by atoms with Crippen LogP contribution < -0.4 is 5.32 Å². The van der Waals surface area contributed by atoms with Gasteiger partial charge < -0.3 is 14.6 Å². The lowest BCUT2D eigenvalue weighted by Gasteiger charge is -2.10. The van der Waals surface area contributed by atoms with Gasteiger partial charge in [-0.2, -0.15) is 0 Å². The fourth-order valence-corrected chi connectivity index (χ4v) is 3.17. The second-order valence-corrected chi connectivity index (χ2v) is 6.91. The number of rotatable bonds is 5. The lowest BCUT2D eigenvalue weighted by molar-refractivity contribution is -0.119. The van der Waals surface area contributed by atoms with Crippen molar-refractivity contribution in [3.8, 4) is 0 Å². The Balaban J connectivity index is 1.61. The zero-order valence-corrected chi connectivity index (χ0v) is 15.3. The normalized spacial score (nSPS) is 13.6. The Kier molecular flexibility index (Phi) is 4.86. The summed E-state index contributed by atoms with van der Waals surface area (Å²) in [7, 11) is 0. The van der Waals surface area contributed by atoms with Crippen molar-refractivity contribution >= 4 is 29.2 Å². The van der Waals surface area contributed by atoms with E-state index in [0.29, 0.717) is 22.3 Å². The summed E-state index contributed by atoms with van der Waals surface area (Å²) in [6.07, 6.45) is 2.29. The minimum Gasteiger partial charge on any atom is -0.452 e. The average molecular weight is 361 g/mol. The van der Waals surface area contributed by atoms with E-state index < -0.39 is 11.9 Å². The average Bonchev–Trinajstić information content (AvgIpc) is 3.34. The van der Waals surface area contributed by atoms with Crippen LogP contribution in [0.4, 0.5) is 5.69 Å². The number of aromatic nitrogens is 1. The highest BCUT2D eigenvalue weighted by Crippen LogP contribution is 2.38. The molecular weight excluding hydrogens is 340 g/mol. The van der Waals surface area contributed by atoms with Gasteiger partial charge in [0.2, 0.25) is 0 Å². The molecule has 0 bridgehead atoms. The van der Waals surface area contributed by atoms with E-state index in [1.165, 1.54) is 0 Å². The Bertz CT molecular complexity index is 837. The van der Waals surface area contributed by atoms with Crippen LogP contribution in [0.2, 0.25) is 5.02 Å². The summed E-state index contributed by atoms with van der Waals surface area (Å²) in [5, 5.41) is 3.24. The molecule has 1 aliphatic carbocycles. The number of carbonyl (C=O) groups is 2. The summed E-state index contributed by atoms with van der Waals surface area (Å²) < 4.78 is 7.36. The number of carbonyl (C=O) groups excluding carboxylic acids is 2. The summed E-state index contributed by atoms with van der Waals surface area (Å²) in [5.41, 5.74) is 3.97. The maximum atomic E-state index is 12.3. The molecule has 5 nitrogen and oxygen atoms in total. The van der Waals surface area contributed by atoms with E-state index in [1.807, 2.05) is 32.9 Å². The maximum absolute atomic E-state index is 12.3. The van der Waals surface area contributed by atoms with E-state index in [0.717, 1.165) is 29.8 Å². The lowest BCUT2D eigenvalue weighted by atomic mass is 10.2. The van der Waals surface area contributed by atoms with Crippen molar-refractivity contribution in [3.05, 3.63) is 51.8 Å². The summed E-state index contributed by atoms with van der Waals surface area (Å²) in [5.74, 6) is -0.868. The van der Waals surface area contributed by atoms with Crippen LogP contribution in [0, 0.1) is 20.8 Å². The summed E-state index contributed by atoms with van der Waals surface area (Å²) in [4.78, 5) is 24.4. The summed E-state index contributed by atoms with van der Waals surface area (Å²) in [6, 6.07) is 7.56. The van der Waals surface area contributed by atoms with Crippen LogP contribution in [0.15, 0.2) is 24.3 Å². The molecule has 2 aromatic rings.